The fourth-order valence-corrected chi connectivity index (χ4v) is 6.14. The number of ether oxygens (including phenoxy) is 1. The van der Waals surface area contributed by atoms with Gasteiger partial charge in [-0.25, -0.2) is 17.2 Å². The van der Waals surface area contributed by atoms with Gasteiger partial charge in [0.05, 0.1) is 13.2 Å². The molecular weight excluding hydrogens is 438 g/mol. The van der Waals surface area contributed by atoms with E-state index in [9.17, 15) is 22.0 Å². The first-order chi connectivity index (χ1) is 15.3. The van der Waals surface area contributed by atoms with Gasteiger partial charge in [0.25, 0.3) is 0 Å². The van der Waals surface area contributed by atoms with Gasteiger partial charge in [-0.3, -0.25) is 4.79 Å². The Kier molecular flexibility index (Phi) is 6.48. The molecule has 0 aromatic heterocycles. The first-order valence-electron chi connectivity index (χ1n) is 10.7. The maximum absolute atomic E-state index is 14.0. The zero-order valence-corrected chi connectivity index (χ0v) is 18.7. The van der Waals surface area contributed by atoms with Gasteiger partial charge in [0.15, 0.2) is 0 Å². The second kappa shape index (κ2) is 9.15. The number of hydrogen-bond donors (Lipinski definition) is 0. The highest BCUT2D eigenvalue weighted by Crippen LogP contribution is 2.36. The third kappa shape index (κ3) is 4.36. The van der Waals surface area contributed by atoms with Crippen molar-refractivity contribution < 1.29 is 26.7 Å². The van der Waals surface area contributed by atoms with Crippen LogP contribution >= 0.6 is 0 Å². The van der Waals surface area contributed by atoms with Crippen LogP contribution in [0, 0.1) is 17.6 Å². The monoisotopic (exact) mass is 464 g/mol. The maximum atomic E-state index is 14.0. The van der Waals surface area contributed by atoms with Crippen LogP contribution in [0.2, 0.25) is 0 Å². The molecule has 0 unspecified atom stereocenters. The summed E-state index contributed by atoms with van der Waals surface area (Å²) in [7, 11) is -2.56. The highest BCUT2D eigenvalue weighted by molar-refractivity contribution is 7.89. The molecule has 1 amide bonds. The molecule has 0 spiro atoms. The van der Waals surface area contributed by atoms with Crippen molar-refractivity contribution >= 4 is 15.9 Å². The van der Waals surface area contributed by atoms with Crippen molar-refractivity contribution in [3.63, 3.8) is 0 Å². The molecule has 2 aromatic rings. The Morgan fingerprint density at radius 3 is 2.34 bits per heavy atom. The second-order valence-corrected chi connectivity index (χ2v) is 10.1. The molecule has 4 rings (SSSR count). The number of hydrogen-bond acceptors (Lipinski definition) is 4. The van der Waals surface area contributed by atoms with Gasteiger partial charge in [-0.2, -0.15) is 4.31 Å². The van der Waals surface area contributed by atoms with Crippen LogP contribution in [0.3, 0.4) is 0 Å². The molecule has 0 radical (unpaired) electrons. The zero-order chi connectivity index (χ0) is 22.9. The van der Waals surface area contributed by atoms with Crippen LogP contribution in [-0.4, -0.2) is 50.3 Å². The quantitative estimate of drug-likeness (QED) is 0.676. The number of carbonyl (C=O) groups excluding carboxylic acids is 1. The van der Waals surface area contributed by atoms with E-state index in [4.69, 9.17) is 4.74 Å². The summed E-state index contributed by atoms with van der Waals surface area (Å²) in [5, 5.41) is 0. The summed E-state index contributed by atoms with van der Waals surface area (Å²) in [6.45, 7) is 0.855. The topological polar surface area (TPSA) is 66.9 Å². The van der Waals surface area contributed by atoms with Crippen LogP contribution in [0.1, 0.15) is 37.3 Å². The predicted molar refractivity (Wildman–Crippen MR) is 115 cm³/mol. The molecule has 1 atom stereocenters. The fourth-order valence-electron chi connectivity index (χ4n) is 4.59. The molecule has 0 N–H and O–H groups in total. The summed E-state index contributed by atoms with van der Waals surface area (Å²) in [5.41, 5.74) is 1.05. The number of sulfonamides is 1. The number of likely N-dealkylation sites (tertiary alicyclic amines) is 1. The SMILES string of the molecule is COc1ccc([C@H]2CCCN2C(=O)C2CCN(S(=O)(=O)c3cc(F)ccc3F)CC2)cc1. The Hall–Kier alpha value is -2.52. The van der Waals surface area contributed by atoms with E-state index in [1.807, 2.05) is 29.2 Å². The van der Waals surface area contributed by atoms with Crippen LogP contribution in [-0.2, 0) is 14.8 Å². The molecule has 2 aliphatic rings. The van der Waals surface area contributed by atoms with E-state index in [0.717, 1.165) is 40.6 Å². The van der Waals surface area contributed by atoms with Gasteiger partial charge in [-0.15, -0.1) is 0 Å². The van der Waals surface area contributed by atoms with Crippen molar-refractivity contribution in [3.8, 4) is 5.75 Å². The van der Waals surface area contributed by atoms with Crippen molar-refractivity contribution in [1.29, 1.82) is 0 Å². The first-order valence-corrected chi connectivity index (χ1v) is 12.1. The van der Waals surface area contributed by atoms with E-state index >= 15 is 0 Å². The summed E-state index contributed by atoms with van der Waals surface area (Å²) in [6, 6.07) is 10.1. The molecule has 172 valence electrons. The summed E-state index contributed by atoms with van der Waals surface area (Å²) < 4.78 is 59.5. The number of benzene rings is 2. The Balaban J connectivity index is 1.43. The number of halogens is 2. The lowest BCUT2D eigenvalue weighted by Gasteiger charge is -2.34. The molecule has 32 heavy (non-hydrogen) atoms. The standard InChI is InChI=1S/C23H26F2N2O4S/c1-31-19-7-4-16(5-8-19)21-3-2-12-27(21)23(28)17-10-13-26(14-11-17)32(29,30)22-15-18(24)6-9-20(22)25/h4-9,15,17,21H,2-3,10-14H2,1H3/t21-/m1/s1. The maximum Gasteiger partial charge on any atom is 0.246 e. The minimum atomic E-state index is -4.16. The molecule has 6 nitrogen and oxygen atoms in total. The second-order valence-electron chi connectivity index (χ2n) is 8.22. The van der Waals surface area contributed by atoms with Gasteiger partial charge in [0.2, 0.25) is 15.9 Å². The largest absolute Gasteiger partial charge is 0.497 e. The third-order valence-corrected chi connectivity index (χ3v) is 8.26. The van der Waals surface area contributed by atoms with Gasteiger partial charge >= 0.3 is 0 Å². The molecule has 0 saturated carbocycles. The molecule has 0 bridgehead atoms. The minimum absolute atomic E-state index is 0.00319. The number of carbonyl (C=O) groups is 1. The van der Waals surface area contributed by atoms with Crippen LogP contribution in [0.4, 0.5) is 8.78 Å². The van der Waals surface area contributed by atoms with Crippen LogP contribution in [0.5, 0.6) is 5.75 Å². The average Bonchev–Trinajstić information content (AvgIpc) is 3.30. The van der Waals surface area contributed by atoms with Gasteiger partial charge in [-0.05, 0) is 61.6 Å². The fraction of sp³-hybridized carbons (Fsp3) is 0.435. The van der Waals surface area contributed by atoms with Crippen molar-refractivity contribution in [3.05, 3.63) is 59.7 Å². The van der Waals surface area contributed by atoms with Gasteiger partial charge in [0.1, 0.15) is 22.3 Å². The van der Waals surface area contributed by atoms with E-state index in [1.54, 1.807) is 7.11 Å². The molecule has 9 heteroatoms. The summed E-state index contributed by atoms with van der Waals surface area (Å²) in [4.78, 5) is 14.5. The van der Waals surface area contributed by atoms with E-state index in [0.29, 0.717) is 25.5 Å². The molecule has 2 aliphatic heterocycles. The normalized spacial score (nSPS) is 20.5. The van der Waals surface area contributed by atoms with Gasteiger partial charge in [0, 0.05) is 25.6 Å². The Morgan fingerprint density at radius 1 is 1.00 bits per heavy atom. The molecular formula is C23H26F2N2O4S. The predicted octanol–water partition coefficient (Wildman–Crippen LogP) is 3.74. The summed E-state index contributed by atoms with van der Waals surface area (Å²) in [6.07, 6.45) is 2.49. The minimum Gasteiger partial charge on any atom is -0.497 e. The lowest BCUT2D eigenvalue weighted by molar-refractivity contribution is -0.137. The van der Waals surface area contributed by atoms with E-state index in [-0.39, 0.29) is 31.0 Å². The molecule has 2 fully saturated rings. The average molecular weight is 465 g/mol. The highest BCUT2D eigenvalue weighted by atomic mass is 32.2. The smallest absolute Gasteiger partial charge is 0.246 e. The van der Waals surface area contributed by atoms with Gasteiger partial charge < -0.3 is 9.64 Å². The van der Waals surface area contributed by atoms with E-state index < -0.39 is 26.6 Å². The third-order valence-electron chi connectivity index (χ3n) is 6.35. The number of methoxy groups -OCH3 is 1. The molecule has 0 aliphatic carbocycles. The molecule has 2 heterocycles. The molecule has 2 aromatic carbocycles. The van der Waals surface area contributed by atoms with Gasteiger partial charge in [-0.1, -0.05) is 12.1 Å². The van der Waals surface area contributed by atoms with Crippen molar-refractivity contribution in [2.75, 3.05) is 26.7 Å². The lowest BCUT2D eigenvalue weighted by Crippen LogP contribution is -2.44. The van der Waals surface area contributed by atoms with E-state index in [1.165, 1.54) is 0 Å². The Morgan fingerprint density at radius 2 is 1.69 bits per heavy atom. The van der Waals surface area contributed by atoms with E-state index in [2.05, 4.69) is 0 Å². The van der Waals surface area contributed by atoms with Crippen LogP contribution in [0.25, 0.3) is 0 Å². The van der Waals surface area contributed by atoms with Crippen LogP contribution < -0.4 is 4.74 Å². The summed E-state index contributed by atoms with van der Waals surface area (Å²) in [5.74, 6) is -1.31. The van der Waals surface area contributed by atoms with Crippen molar-refractivity contribution in [2.24, 2.45) is 5.92 Å². The first kappa shape index (κ1) is 22.7. The number of piperidine rings is 1. The Bertz CT molecular complexity index is 1080. The lowest BCUT2D eigenvalue weighted by atomic mass is 9.95. The summed E-state index contributed by atoms with van der Waals surface area (Å²) >= 11 is 0. The number of rotatable bonds is 5. The highest BCUT2D eigenvalue weighted by Gasteiger charge is 2.38. The number of nitrogens with zero attached hydrogens (tertiary/aromatic N) is 2. The molecule has 2 saturated heterocycles. The van der Waals surface area contributed by atoms with Crippen molar-refractivity contribution in [2.45, 2.75) is 36.6 Å². The Labute approximate surface area is 186 Å². The zero-order valence-electron chi connectivity index (χ0n) is 17.8. The van der Waals surface area contributed by atoms with Crippen molar-refractivity contribution in [1.82, 2.24) is 9.21 Å². The van der Waals surface area contributed by atoms with Crippen LogP contribution in [0.15, 0.2) is 47.4 Å². The number of amides is 1.